The molecule has 106 valence electrons. The Balaban J connectivity index is 2.41. The van der Waals surface area contributed by atoms with E-state index in [1.54, 1.807) is 11.6 Å². The minimum atomic E-state index is -0.728. The minimum absolute atomic E-state index is 0.0396. The van der Waals surface area contributed by atoms with E-state index < -0.39 is 5.60 Å². The highest BCUT2D eigenvalue weighted by Gasteiger charge is 2.44. The summed E-state index contributed by atoms with van der Waals surface area (Å²) < 4.78 is 1.67. The van der Waals surface area contributed by atoms with Gasteiger partial charge in [0, 0.05) is 6.04 Å². The van der Waals surface area contributed by atoms with Crippen LogP contribution in [0.25, 0.3) is 0 Å². The van der Waals surface area contributed by atoms with Crippen molar-refractivity contribution in [1.82, 2.24) is 9.78 Å². The Hall–Kier alpha value is -1.63. The summed E-state index contributed by atoms with van der Waals surface area (Å²) in [6.45, 7) is 8.27. The molecule has 0 amide bonds. The van der Waals surface area contributed by atoms with Crippen LogP contribution in [0.2, 0.25) is 0 Å². The maximum Gasteiger partial charge on any atom is 0.333 e. The quantitative estimate of drug-likeness (QED) is 0.663. The van der Waals surface area contributed by atoms with Crippen LogP contribution in [0, 0.1) is 17.0 Å². The molecule has 1 aromatic rings. The molecule has 1 aromatic heterocycles. The minimum Gasteiger partial charge on any atom is -0.386 e. The van der Waals surface area contributed by atoms with Crippen LogP contribution >= 0.6 is 0 Å². The number of hydrogen-bond acceptors (Lipinski definition) is 5. The molecular weight excluding hydrogens is 248 g/mol. The van der Waals surface area contributed by atoms with E-state index in [0.29, 0.717) is 31.0 Å². The number of anilines is 1. The molecule has 0 unspecified atom stereocenters. The summed E-state index contributed by atoms with van der Waals surface area (Å²) in [7, 11) is 0. The first-order valence-electron chi connectivity index (χ1n) is 6.50. The van der Waals surface area contributed by atoms with Gasteiger partial charge in [0.15, 0.2) is 0 Å². The number of nitrogens with zero attached hydrogens (tertiary/aromatic N) is 4. The molecule has 0 bridgehead atoms. The highest BCUT2D eigenvalue weighted by Crippen LogP contribution is 2.39. The van der Waals surface area contributed by atoms with E-state index in [-0.39, 0.29) is 16.7 Å². The molecule has 2 rings (SSSR count). The Morgan fingerprint density at radius 2 is 2.11 bits per heavy atom. The zero-order valence-electron chi connectivity index (χ0n) is 11.8. The lowest BCUT2D eigenvalue weighted by molar-refractivity contribution is -0.384. The molecule has 1 N–H and O–H groups in total. The topological polar surface area (TPSA) is 84.4 Å². The Bertz CT molecular complexity index is 503. The molecule has 2 heterocycles. The van der Waals surface area contributed by atoms with E-state index >= 15 is 0 Å². The van der Waals surface area contributed by atoms with Crippen molar-refractivity contribution in [1.29, 1.82) is 0 Å². The Labute approximate surface area is 112 Å². The molecule has 0 radical (unpaired) electrons. The summed E-state index contributed by atoms with van der Waals surface area (Å²) >= 11 is 0. The lowest BCUT2D eigenvalue weighted by Crippen LogP contribution is -2.62. The summed E-state index contributed by atoms with van der Waals surface area (Å²) in [5.41, 5.74) is -0.263. The standard InChI is InChI=1S/C12H20N4O3/c1-5-12(17)6-14(7-12)11-10(16(18)19)9(4)13-15(11)8(2)3/h8,17H,5-7H2,1-4H3. The molecule has 19 heavy (non-hydrogen) atoms. The van der Waals surface area contributed by atoms with Crippen LogP contribution in [0.5, 0.6) is 0 Å². The van der Waals surface area contributed by atoms with Gasteiger partial charge < -0.3 is 10.0 Å². The molecule has 0 atom stereocenters. The van der Waals surface area contributed by atoms with Gasteiger partial charge in [0.05, 0.1) is 23.6 Å². The first-order chi connectivity index (χ1) is 8.79. The molecule has 0 spiro atoms. The average Bonchev–Trinajstić information content (AvgIpc) is 2.62. The van der Waals surface area contributed by atoms with Crippen LogP contribution in [0.15, 0.2) is 0 Å². The number of aromatic nitrogens is 2. The molecule has 1 fully saturated rings. The van der Waals surface area contributed by atoms with Gasteiger partial charge in [-0.05, 0) is 27.2 Å². The van der Waals surface area contributed by atoms with E-state index in [4.69, 9.17) is 0 Å². The fraction of sp³-hybridized carbons (Fsp3) is 0.750. The van der Waals surface area contributed by atoms with Gasteiger partial charge in [-0.3, -0.25) is 10.1 Å². The van der Waals surface area contributed by atoms with Crippen LogP contribution < -0.4 is 4.90 Å². The predicted octanol–water partition coefficient (Wildman–Crippen LogP) is 1.64. The van der Waals surface area contributed by atoms with Gasteiger partial charge in [-0.15, -0.1) is 0 Å². The van der Waals surface area contributed by atoms with Gasteiger partial charge in [-0.2, -0.15) is 5.10 Å². The Morgan fingerprint density at radius 3 is 2.53 bits per heavy atom. The highest BCUT2D eigenvalue weighted by molar-refractivity contribution is 5.63. The smallest absolute Gasteiger partial charge is 0.333 e. The second-order valence-electron chi connectivity index (χ2n) is 5.49. The zero-order chi connectivity index (χ0) is 14.4. The van der Waals surface area contributed by atoms with Gasteiger partial charge in [-0.25, -0.2) is 4.68 Å². The van der Waals surface area contributed by atoms with Gasteiger partial charge in [0.2, 0.25) is 5.82 Å². The Morgan fingerprint density at radius 1 is 1.53 bits per heavy atom. The third kappa shape index (κ3) is 2.18. The SMILES string of the molecule is CCC1(O)CN(c2c([N+](=O)[O-])c(C)nn2C(C)C)C1. The molecule has 0 saturated carbocycles. The molecule has 1 saturated heterocycles. The van der Waals surface area contributed by atoms with E-state index in [9.17, 15) is 15.2 Å². The van der Waals surface area contributed by atoms with Crippen LogP contribution in [-0.4, -0.2) is 38.5 Å². The molecule has 0 aromatic carbocycles. The van der Waals surface area contributed by atoms with Crippen molar-refractivity contribution in [3.8, 4) is 0 Å². The summed E-state index contributed by atoms with van der Waals surface area (Å²) in [4.78, 5) is 12.7. The normalized spacial score (nSPS) is 17.7. The van der Waals surface area contributed by atoms with Crippen LogP contribution in [0.3, 0.4) is 0 Å². The summed E-state index contributed by atoms with van der Waals surface area (Å²) in [5.74, 6) is 0.510. The van der Waals surface area contributed by atoms with E-state index in [1.165, 1.54) is 0 Å². The summed E-state index contributed by atoms with van der Waals surface area (Å²) in [6, 6.07) is 0.0396. The van der Waals surface area contributed by atoms with Crippen molar-refractivity contribution in [3.05, 3.63) is 15.8 Å². The van der Waals surface area contributed by atoms with E-state index in [1.807, 2.05) is 25.7 Å². The number of aliphatic hydroxyl groups is 1. The molecule has 1 aliphatic heterocycles. The van der Waals surface area contributed by atoms with Gasteiger partial charge >= 0.3 is 5.69 Å². The highest BCUT2D eigenvalue weighted by atomic mass is 16.6. The molecular formula is C12H20N4O3. The molecule has 1 aliphatic rings. The zero-order valence-corrected chi connectivity index (χ0v) is 11.8. The predicted molar refractivity (Wildman–Crippen MR) is 71.5 cm³/mol. The largest absolute Gasteiger partial charge is 0.386 e. The number of nitro groups is 1. The van der Waals surface area contributed by atoms with Crippen molar-refractivity contribution in [2.24, 2.45) is 0 Å². The van der Waals surface area contributed by atoms with E-state index in [2.05, 4.69) is 5.10 Å². The number of rotatable bonds is 4. The maximum absolute atomic E-state index is 11.2. The van der Waals surface area contributed by atoms with Crippen molar-refractivity contribution < 1.29 is 10.0 Å². The van der Waals surface area contributed by atoms with Crippen molar-refractivity contribution in [3.63, 3.8) is 0 Å². The van der Waals surface area contributed by atoms with Crippen LogP contribution in [0.1, 0.15) is 38.9 Å². The number of β-amino-alcohol motifs (C(OH)–C–C–N with tert-alkyl or cyclic N) is 1. The van der Waals surface area contributed by atoms with E-state index in [0.717, 1.165) is 0 Å². The number of hydrogen-bond donors (Lipinski definition) is 1. The molecule has 7 nitrogen and oxygen atoms in total. The molecule has 7 heteroatoms. The third-order valence-corrected chi connectivity index (χ3v) is 3.63. The monoisotopic (exact) mass is 268 g/mol. The van der Waals surface area contributed by atoms with Crippen molar-refractivity contribution in [2.75, 3.05) is 18.0 Å². The van der Waals surface area contributed by atoms with Crippen LogP contribution in [-0.2, 0) is 0 Å². The summed E-state index contributed by atoms with van der Waals surface area (Å²) in [5, 5.41) is 25.6. The first-order valence-corrected chi connectivity index (χ1v) is 6.50. The second kappa shape index (κ2) is 4.48. The maximum atomic E-state index is 11.2. The van der Waals surface area contributed by atoms with Gasteiger partial charge in [-0.1, -0.05) is 6.92 Å². The molecule has 0 aliphatic carbocycles. The lowest BCUT2D eigenvalue weighted by Gasteiger charge is -2.46. The van der Waals surface area contributed by atoms with Crippen molar-refractivity contribution >= 4 is 11.5 Å². The van der Waals surface area contributed by atoms with Gasteiger partial charge in [0.1, 0.15) is 5.69 Å². The third-order valence-electron chi connectivity index (χ3n) is 3.63. The van der Waals surface area contributed by atoms with Crippen LogP contribution in [0.4, 0.5) is 11.5 Å². The fourth-order valence-electron chi connectivity index (χ4n) is 2.43. The first kappa shape index (κ1) is 13.8. The Kier molecular flexibility index (Phi) is 3.25. The summed E-state index contributed by atoms with van der Waals surface area (Å²) in [6.07, 6.45) is 0.645. The fourth-order valence-corrected chi connectivity index (χ4v) is 2.43. The lowest BCUT2D eigenvalue weighted by atomic mass is 9.91. The number of aryl methyl sites for hydroxylation is 1. The van der Waals surface area contributed by atoms with Crippen molar-refractivity contribution in [2.45, 2.75) is 45.8 Å². The average molecular weight is 268 g/mol. The second-order valence-corrected chi connectivity index (χ2v) is 5.49. The van der Waals surface area contributed by atoms with Gasteiger partial charge in [0.25, 0.3) is 0 Å².